The lowest BCUT2D eigenvalue weighted by Gasteiger charge is -2.34. The van der Waals surface area contributed by atoms with Crippen molar-refractivity contribution in [2.45, 2.75) is 5.41 Å². The van der Waals surface area contributed by atoms with Gasteiger partial charge in [-0.25, -0.2) is 4.98 Å². The first kappa shape index (κ1) is 27.0. The molecule has 0 fully saturated rings. The molecule has 8 aromatic rings. The zero-order valence-corrected chi connectivity index (χ0v) is 25.4. The quantitative estimate of drug-likeness (QED) is 0.190. The Morgan fingerprint density at radius 3 is 1.87 bits per heavy atom. The van der Waals surface area contributed by atoms with Gasteiger partial charge in [0, 0.05) is 22.5 Å². The summed E-state index contributed by atoms with van der Waals surface area (Å²) in [6, 6.07) is 57.9. The molecule has 9 rings (SSSR count). The highest BCUT2D eigenvalue weighted by molar-refractivity contribution is 6.04. The topological polar surface area (TPSA) is 49.6 Å². The average Bonchev–Trinajstić information content (AvgIpc) is 3.45. The van der Waals surface area contributed by atoms with Gasteiger partial charge in [0.1, 0.15) is 0 Å². The number of nitrogens with zero attached hydrogens (tertiary/aromatic N) is 3. The lowest BCUT2D eigenvalue weighted by Crippen LogP contribution is -2.28. The van der Waals surface area contributed by atoms with Gasteiger partial charge in [0.15, 0.2) is 0 Å². The van der Waals surface area contributed by atoms with Crippen molar-refractivity contribution in [1.29, 1.82) is 5.26 Å². The number of nitriles is 1. The Hall–Kier alpha value is -6.37. The molecule has 0 aliphatic heterocycles. The smallest absolute Gasteiger partial charge is 0.0991 e. The van der Waals surface area contributed by atoms with Crippen molar-refractivity contribution >= 4 is 21.8 Å². The van der Waals surface area contributed by atoms with Crippen LogP contribution in [0.4, 0.5) is 0 Å². The summed E-state index contributed by atoms with van der Waals surface area (Å²) >= 11 is 0. The van der Waals surface area contributed by atoms with Crippen molar-refractivity contribution in [2.75, 3.05) is 0 Å². The second-order valence-electron chi connectivity index (χ2n) is 12.1. The van der Waals surface area contributed by atoms with E-state index in [0.717, 1.165) is 44.2 Å². The summed E-state index contributed by atoms with van der Waals surface area (Å²) in [5.41, 5.74) is 13.2. The molecule has 1 aliphatic carbocycles. The first-order chi connectivity index (χ1) is 23.3. The molecule has 0 saturated carbocycles. The molecule has 1 aliphatic rings. The second-order valence-corrected chi connectivity index (χ2v) is 12.1. The van der Waals surface area contributed by atoms with E-state index in [9.17, 15) is 5.26 Å². The third-order valence-electron chi connectivity index (χ3n) is 9.63. The highest BCUT2D eigenvalue weighted by Crippen LogP contribution is 2.57. The van der Waals surface area contributed by atoms with E-state index in [0.29, 0.717) is 5.56 Å². The van der Waals surface area contributed by atoms with Crippen LogP contribution in [0.1, 0.15) is 27.8 Å². The van der Waals surface area contributed by atoms with E-state index in [4.69, 9.17) is 9.97 Å². The second kappa shape index (κ2) is 10.6. The minimum absolute atomic E-state index is 0.523. The van der Waals surface area contributed by atoms with Crippen molar-refractivity contribution in [3.8, 4) is 39.6 Å². The number of hydrogen-bond donors (Lipinski definition) is 0. The molecule has 0 unspecified atom stereocenters. The van der Waals surface area contributed by atoms with Gasteiger partial charge >= 0.3 is 0 Å². The normalized spacial score (nSPS) is 12.8. The van der Waals surface area contributed by atoms with E-state index in [2.05, 4.69) is 146 Å². The molecule has 0 bridgehead atoms. The van der Waals surface area contributed by atoms with E-state index in [1.54, 1.807) is 0 Å². The molecule has 218 valence electrons. The Kier molecular flexibility index (Phi) is 6.10. The van der Waals surface area contributed by atoms with Crippen molar-refractivity contribution in [3.05, 3.63) is 192 Å². The van der Waals surface area contributed by atoms with Gasteiger partial charge in [-0.1, -0.05) is 121 Å². The van der Waals surface area contributed by atoms with Gasteiger partial charge in [-0.2, -0.15) is 5.26 Å². The van der Waals surface area contributed by atoms with E-state index < -0.39 is 5.41 Å². The highest BCUT2D eigenvalue weighted by Gasteiger charge is 2.46. The molecule has 0 N–H and O–H groups in total. The van der Waals surface area contributed by atoms with Crippen LogP contribution in [0.15, 0.2) is 164 Å². The molecular weight excluding hydrogens is 571 g/mol. The van der Waals surface area contributed by atoms with Gasteiger partial charge in [0.2, 0.25) is 0 Å². The molecule has 3 heteroatoms. The fraction of sp³-hybridized carbons (Fsp3) is 0.0227. The summed E-state index contributed by atoms with van der Waals surface area (Å²) in [5, 5.41) is 11.7. The van der Waals surface area contributed by atoms with Crippen LogP contribution in [0.25, 0.3) is 55.3 Å². The maximum Gasteiger partial charge on any atom is 0.0991 e. The fourth-order valence-corrected chi connectivity index (χ4v) is 7.54. The Bertz CT molecular complexity index is 2470. The Labute approximate surface area is 273 Å². The molecule has 3 nitrogen and oxygen atoms in total. The molecular formula is C44H27N3. The summed E-state index contributed by atoms with van der Waals surface area (Å²) in [6.45, 7) is 0. The van der Waals surface area contributed by atoms with Gasteiger partial charge < -0.3 is 0 Å². The molecule has 6 aromatic carbocycles. The Morgan fingerprint density at radius 1 is 0.489 bits per heavy atom. The number of rotatable bonds is 4. The van der Waals surface area contributed by atoms with Crippen molar-refractivity contribution in [3.63, 3.8) is 0 Å². The number of pyridine rings is 2. The molecule has 47 heavy (non-hydrogen) atoms. The third-order valence-corrected chi connectivity index (χ3v) is 9.63. The first-order valence-corrected chi connectivity index (χ1v) is 15.8. The Balaban J connectivity index is 1.40. The predicted molar refractivity (Wildman–Crippen MR) is 190 cm³/mol. The van der Waals surface area contributed by atoms with E-state index in [-0.39, 0.29) is 0 Å². The molecule has 0 radical (unpaired) electrons. The molecule has 2 aromatic heterocycles. The van der Waals surface area contributed by atoms with Crippen LogP contribution >= 0.6 is 0 Å². The number of aromatic nitrogens is 2. The van der Waals surface area contributed by atoms with Crippen LogP contribution < -0.4 is 0 Å². The third kappa shape index (κ3) is 4.06. The van der Waals surface area contributed by atoms with Crippen LogP contribution in [0.5, 0.6) is 0 Å². The van der Waals surface area contributed by atoms with Gasteiger partial charge in [-0.3, -0.25) is 4.98 Å². The zero-order valence-electron chi connectivity index (χ0n) is 25.4. The fourth-order valence-electron chi connectivity index (χ4n) is 7.54. The summed E-state index contributed by atoms with van der Waals surface area (Å²) in [7, 11) is 0. The summed E-state index contributed by atoms with van der Waals surface area (Å²) in [4.78, 5) is 10.0. The van der Waals surface area contributed by atoms with Crippen LogP contribution in [0, 0.1) is 11.3 Å². The van der Waals surface area contributed by atoms with Crippen molar-refractivity contribution in [2.24, 2.45) is 0 Å². The summed E-state index contributed by atoms with van der Waals surface area (Å²) < 4.78 is 0. The highest BCUT2D eigenvalue weighted by atomic mass is 14.8. The maximum absolute atomic E-state index is 9.60. The first-order valence-electron chi connectivity index (χ1n) is 15.8. The van der Waals surface area contributed by atoms with Crippen LogP contribution in [-0.2, 0) is 5.41 Å². The number of benzene rings is 6. The van der Waals surface area contributed by atoms with Crippen molar-refractivity contribution in [1.82, 2.24) is 9.97 Å². The summed E-state index contributed by atoms with van der Waals surface area (Å²) in [6.07, 6.45) is 1.83. The van der Waals surface area contributed by atoms with Crippen LogP contribution in [-0.4, -0.2) is 9.97 Å². The standard InChI is InChI=1S/C44H27N3/c45-28-29-17-19-30(20-18-29)36-27-40-37(26-38(36)41-24-23-32-22-21-31-10-9-25-46-42(31)43(32)47-41)35-15-7-8-16-39(35)44(40,33-11-3-1-4-12-33)34-13-5-2-6-14-34/h1-27H. The largest absolute Gasteiger partial charge is 0.254 e. The summed E-state index contributed by atoms with van der Waals surface area (Å²) in [5.74, 6) is 0. The van der Waals surface area contributed by atoms with Gasteiger partial charge in [0.05, 0.1) is 33.8 Å². The molecule has 0 atom stereocenters. The number of hydrogen-bond acceptors (Lipinski definition) is 3. The molecule has 2 heterocycles. The van der Waals surface area contributed by atoms with Crippen molar-refractivity contribution < 1.29 is 0 Å². The lowest BCUT2D eigenvalue weighted by molar-refractivity contribution is 0.769. The van der Waals surface area contributed by atoms with Gasteiger partial charge in [0.25, 0.3) is 0 Å². The predicted octanol–water partition coefficient (Wildman–Crippen LogP) is 10.4. The molecule has 0 amide bonds. The Morgan fingerprint density at radius 2 is 1.15 bits per heavy atom. The lowest BCUT2D eigenvalue weighted by atomic mass is 9.67. The molecule has 0 saturated heterocycles. The zero-order chi connectivity index (χ0) is 31.4. The SMILES string of the molecule is N#Cc1ccc(-c2cc3c(cc2-c2ccc4ccc5cccnc5c4n2)-c2ccccc2C3(c2ccccc2)c2ccccc2)cc1. The van der Waals surface area contributed by atoms with Crippen LogP contribution in [0.2, 0.25) is 0 Å². The van der Waals surface area contributed by atoms with Gasteiger partial charge in [-0.05, 0) is 80.9 Å². The minimum Gasteiger partial charge on any atom is -0.254 e. The van der Waals surface area contributed by atoms with E-state index in [1.807, 2.05) is 24.4 Å². The maximum atomic E-state index is 9.60. The average molecular weight is 598 g/mol. The van der Waals surface area contributed by atoms with Crippen LogP contribution in [0.3, 0.4) is 0 Å². The van der Waals surface area contributed by atoms with E-state index in [1.165, 1.54) is 33.4 Å². The monoisotopic (exact) mass is 597 g/mol. The van der Waals surface area contributed by atoms with E-state index >= 15 is 0 Å². The minimum atomic E-state index is -0.523. The number of fused-ring (bicyclic) bond motifs is 6. The molecule has 0 spiro atoms. The van der Waals surface area contributed by atoms with Gasteiger partial charge in [-0.15, -0.1) is 0 Å².